The number of rotatable bonds is 6. The largest absolute Gasteiger partial charge is 0.268 e. The van der Waals surface area contributed by atoms with E-state index in [9.17, 15) is 17.6 Å². The summed E-state index contributed by atoms with van der Waals surface area (Å²) in [5.74, 6) is -0.783. The molecule has 0 unspecified atom stereocenters. The molecule has 1 aromatic heterocycles. The molecule has 1 aromatic carbocycles. The average Bonchev–Trinajstić information content (AvgIpc) is 2.54. The molecule has 6 nitrogen and oxygen atoms in total. The van der Waals surface area contributed by atoms with Crippen LogP contribution < -0.4 is 10.3 Å². The molecule has 1 heterocycles. The second-order valence-electron chi connectivity index (χ2n) is 6.17. The molecule has 0 spiro atoms. The van der Waals surface area contributed by atoms with E-state index in [0.717, 1.165) is 36.9 Å². The molecule has 0 aliphatic heterocycles. The monoisotopic (exact) mass is 365 g/mol. The van der Waals surface area contributed by atoms with Crippen molar-refractivity contribution in [3.8, 4) is 0 Å². The van der Waals surface area contributed by atoms with Crippen molar-refractivity contribution in [3.05, 3.63) is 63.3 Å². The SMILES string of the molecule is O=c1cc2c(nn1CCNS(=O)(=O)Cc1cccc(F)c1)CCCC2. The second kappa shape index (κ2) is 7.45. The third-order valence-electron chi connectivity index (χ3n) is 4.17. The zero-order chi connectivity index (χ0) is 17.9. The van der Waals surface area contributed by atoms with Gasteiger partial charge in [-0.1, -0.05) is 12.1 Å². The smallest absolute Gasteiger partial charge is 0.267 e. The summed E-state index contributed by atoms with van der Waals surface area (Å²) < 4.78 is 41.0. The Morgan fingerprint density at radius 3 is 2.80 bits per heavy atom. The first-order valence-corrected chi connectivity index (χ1v) is 9.90. The van der Waals surface area contributed by atoms with E-state index in [2.05, 4.69) is 9.82 Å². The average molecular weight is 365 g/mol. The van der Waals surface area contributed by atoms with E-state index in [0.29, 0.717) is 5.56 Å². The fourth-order valence-corrected chi connectivity index (χ4v) is 4.09. The maximum atomic E-state index is 13.1. The van der Waals surface area contributed by atoms with Crippen LogP contribution in [0.3, 0.4) is 0 Å². The quantitative estimate of drug-likeness (QED) is 0.839. The summed E-state index contributed by atoms with van der Waals surface area (Å²) in [5.41, 5.74) is 2.08. The van der Waals surface area contributed by atoms with E-state index in [1.807, 2.05) is 0 Å². The lowest BCUT2D eigenvalue weighted by Crippen LogP contribution is -2.33. The van der Waals surface area contributed by atoms with Crippen molar-refractivity contribution in [2.24, 2.45) is 0 Å². The van der Waals surface area contributed by atoms with Gasteiger partial charge in [0.15, 0.2) is 0 Å². The normalized spacial score (nSPS) is 14.3. The van der Waals surface area contributed by atoms with Gasteiger partial charge in [-0.25, -0.2) is 22.2 Å². The third kappa shape index (κ3) is 4.73. The molecule has 0 atom stereocenters. The molecule has 2 aromatic rings. The fourth-order valence-electron chi connectivity index (χ4n) is 2.97. The van der Waals surface area contributed by atoms with E-state index in [1.165, 1.54) is 22.9 Å². The molecule has 25 heavy (non-hydrogen) atoms. The lowest BCUT2D eigenvalue weighted by Gasteiger charge is -2.16. The predicted octanol–water partition coefficient (Wildman–Crippen LogP) is 1.38. The van der Waals surface area contributed by atoms with Crippen LogP contribution in [0.2, 0.25) is 0 Å². The number of sulfonamides is 1. The fraction of sp³-hybridized carbons (Fsp3) is 0.412. The minimum atomic E-state index is -3.61. The Bertz CT molecular complexity index is 925. The maximum absolute atomic E-state index is 13.1. The van der Waals surface area contributed by atoms with Crippen LogP contribution in [-0.4, -0.2) is 24.7 Å². The zero-order valence-corrected chi connectivity index (χ0v) is 14.6. The minimum absolute atomic E-state index is 0.0589. The highest BCUT2D eigenvalue weighted by atomic mass is 32.2. The Hall–Kier alpha value is -2.06. The van der Waals surface area contributed by atoms with Crippen molar-refractivity contribution < 1.29 is 12.8 Å². The molecule has 8 heteroatoms. The van der Waals surface area contributed by atoms with Crippen LogP contribution in [0.25, 0.3) is 0 Å². The lowest BCUT2D eigenvalue weighted by molar-refractivity contribution is 0.526. The summed E-state index contributed by atoms with van der Waals surface area (Å²) in [4.78, 5) is 12.1. The van der Waals surface area contributed by atoms with Crippen molar-refractivity contribution >= 4 is 10.0 Å². The molecule has 0 saturated carbocycles. The molecule has 0 saturated heterocycles. The molecule has 0 bridgehead atoms. The van der Waals surface area contributed by atoms with Gasteiger partial charge in [0.2, 0.25) is 10.0 Å². The van der Waals surface area contributed by atoms with Gasteiger partial charge in [0.25, 0.3) is 5.56 Å². The Morgan fingerprint density at radius 1 is 1.20 bits per heavy atom. The number of hydrogen-bond donors (Lipinski definition) is 1. The first-order valence-electron chi connectivity index (χ1n) is 8.25. The van der Waals surface area contributed by atoms with Crippen molar-refractivity contribution in [3.63, 3.8) is 0 Å². The van der Waals surface area contributed by atoms with Crippen molar-refractivity contribution in [2.45, 2.75) is 38.0 Å². The Kier molecular flexibility index (Phi) is 5.29. The summed E-state index contributed by atoms with van der Waals surface area (Å²) in [6, 6.07) is 7.07. The highest BCUT2D eigenvalue weighted by Gasteiger charge is 2.15. The summed E-state index contributed by atoms with van der Waals surface area (Å²) in [6.45, 7) is 0.220. The van der Waals surface area contributed by atoms with E-state index in [-0.39, 0.29) is 24.4 Å². The molecule has 0 amide bonds. The number of aromatic nitrogens is 2. The highest BCUT2D eigenvalue weighted by Crippen LogP contribution is 2.16. The topological polar surface area (TPSA) is 81.1 Å². The van der Waals surface area contributed by atoms with Crippen molar-refractivity contribution in [1.29, 1.82) is 0 Å². The number of nitrogens with one attached hydrogen (secondary N) is 1. The molecular weight excluding hydrogens is 345 g/mol. The van der Waals surface area contributed by atoms with Gasteiger partial charge < -0.3 is 0 Å². The predicted molar refractivity (Wildman–Crippen MR) is 92.2 cm³/mol. The highest BCUT2D eigenvalue weighted by molar-refractivity contribution is 7.88. The van der Waals surface area contributed by atoms with Gasteiger partial charge in [0.05, 0.1) is 18.0 Å². The maximum Gasteiger partial charge on any atom is 0.267 e. The van der Waals surface area contributed by atoms with Crippen LogP contribution >= 0.6 is 0 Å². The van der Waals surface area contributed by atoms with E-state index in [4.69, 9.17) is 0 Å². The Balaban J connectivity index is 1.61. The molecule has 1 aliphatic carbocycles. The number of fused-ring (bicyclic) bond motifs is 1. The number of aryl methyl sites for hydroxylation is 2. The van der Waals surface area contributed by atoms with Gasteiger partial charge >= 0.3 is 0 Å². The first kappa shape index (κ1) is 17.8. The van der Waals surface area contributed by atoms with Gasteiger partial charge in [-0.05, 0) is 48.9 Å². The zero-order valence-electron chi connectivity index (χ0n) is 13.7. The number of benzene rings is 1. The van der Waals surface area contributed by atoms with Crippen LogP contribution in [0, 0.1) is 5.82 Å². The first-order chi connectivity index (χ1) is 11.9. The summed E-state index contributed by atoms with van der Waals surface area (Å²) in [5, 5.41) is 4.35. The second-order valence-corrected chi connectivity index (χ2v) is 7.97. The van der Waals surface area contributed by atoms with Gasteiger partial charge in [-0.3, -0.25) is 4.79 Å². The van der Waals surface area contributed by atoms with E-state index >= 15 is 0 Å². The van der Waals surface area contributed by atoms with Crippen LogP contribution in [0.5, 0.6) is 0 Å². The lowest BCUT2D eigenvalue weighted by atomic mass is 9.97. The van der Waals surface area contributed by atoms with E-state index in [1.54, 1.807) is 12.1 Å². The van der Waals surface area contributed by atoms with Crippen molar-refractivity contribution in [2.75, 3.05) is 6.54 Å². The van der Waals surface area contributed by atoms with Gasteiger partial charge in [-0.15, -0.1) is 0 Å². The van der Waals surface area contributed by atoms with Gasteiger partial charge in [0, 0.05) is 12.6 Å². The van der Waals surface area contributed by atoms with Crippen LogP contribution in [0.15, 0.2) is 35.1 Å². The van der Waals surface area contributed by atoms with Crippen LogP contribution in [0.4, 0.5) is 4.39 Å². The number of hydrogen-bond acceptors (Lipinski definition) is 4. The molecular formula is C17H20FN3O3S. The number of nitrogens with zero attached hydrogens (tertiary/aromatic N) is 2. The third-order valence-corrected chi connectivity index (χ3v) is 5.52. The van der Waals surface area contributed by atoms with Crippen molar-refractivity contribution in [1.82, 2.24) is 14.5 Å². The number of halogens is 1. The van der Waals surface area contributed by atoms with Crippen LogP contribution in [0.1, 0.15) is 29.7 Å². The summed E-state index contributed by atoms with van der Waals surface area (Å²) in [6.07, 6.45) is 3.84. The molecule has 0 radical (unpaired) electrons. The Labute approximate surface area is 145 Å². The van der Waals surface area contributed by atoms with Crippen LogP contribution in [-0.2, 0) is 35.2 Å². The Morgan fingerprint density at radius 2 is 2.00 bits per heavy atom. The minimum Gasteiger partial charge on any atom is -0.268 e. The molecule has 3 rings (SSSR count). The van der Waals surface area contributed by atoms with Gasteiger partial charge in [0.1, 0.15) is 5.82 Å². The summed E-state index contributed by atoms with van der Waals surface area (Å²) in [7, 11) is -3.61. The summed E-state index contributed by atoms with van der Waals surface area (Å²) >= 11 is 0. The molecule has 1 aliphatic rings. The molecule has 1 N–H and O–H groups in total. The van der Waals surface area contributed by atoms with Gasteiger partial charge in [-0.2, -0.15) is 5.10 Å². The van der Waals surface area contributed by atoms with E-state index < -0.39 is 15.8 Å². The molecule has 134 valence electrons. The standard InChI is InChI=1S/C17H20FN3O3S/c18-15-6-3-4-13(10-15)12-25(23,24)19-8-9-21-17(22)11-14-5-1-2-7-16(14)20-21/h3-4,6,10-11,19H,1-2,5,7-9,12H2. The molecule has 0 fully saturated rings.